The zero-order valence-corrected chi connectivity index (χ0v) is 11.5. The van der Waals surface area contributed by atoms with Gasteiger partial charge in [-0.2, -0.15) is 0 Å². The number of hydrogen-bond acceptors (Lipinski definition) is 3. The second-order valence-corrected chi connectivity index (χ2v) is 5.04. The summed E-state index contributed by atoms with van der Waals surface area (Å²) >= 11 is 0. The fourth-order valence-corrected chi connectivity index (χ4v) is 1.73. The molecular formula is C15H24N2O. The van der Waals surface area contributed by atoms with Crippen molar-refractivity contribution in [1.29, 1.82) is 0 Å². The molecule has 2 rings (SSSR count). The molecule has 0 radical (unpaired) electrons. The van der Waals surface area contributed by atoms with E-state index in [2.05, 4.69) is 48.5 Å². The Morgan fingerprint density at radius 3 is 2.61 bits per heavy atom. The normalized spacial score (nSPS) is 15.1. The fraction of sp³-hybridized carbons (Fsp3) is 0.600. The maximum atomic E-state index is 5.71. The zero-order chi connectivity index (χ0) is 12.8. The van der Waals surface area contributed by atoms with Gasteiger partial charge in [-0.3, -0.25) is 0 Å². The number of likely N-dealkylation sites (N-methyl/N-ethyl adjacent to an activating group) is 1. The van der Waals surface area contributed by atoms with Crippen LogP contribution >= 0.6 is 0 Å². The van der Waals surface area contributed by atoms with Crippen molar-refractivity contribution in [3.8, 4) is 5.75 Å². The first-order valence-corrected chi connectivity index (χ1v) is 6.91. The van der Waals surface area contributed by atoms with E-state index in [1.807, 2.05) is 0 Å². The van der Waals surface area contributed by atoms with E-state index in [4.69, 9.17) is 4.74 Å². The molecule has 0 amide bonds. The Kier molecular flexibility index (Phi) is 5.02. The van der Waals surface area contributed by atoms with Gasteiger partial charge in [0.25, 0.3) is 0 Å². The lowest BCUT2D eigenvalue weighted by Crippen LogP contribution is -2.23. The van der Waals surface area contributed by atoms with E-state index in [0.29, 0.717) is 0 Å². The molecule has 3 heteroatoms. The number of benzene rings is 1. The number of nitrogens with one attached hydrogen (secondary N) is 1. The van der Waals surface area contributed by atoms with Crippen LogP contribution in [0.3, 0.4) is 0 Å². The van der Waals surface area contributed by atoms with Gasteiger partial charge in [-0.15, -0.1) is 0 Å². The van der Waals surface area contributed by atoms with E-state index in [-0.39, 0.29) is 0 Å². The molecule has 100 valence electrons. The average molecular weight is 248 g/mol. The number of nitrogens with zero attached hydrogens (tertiary/aromatic N) is 1. The molecule has 1 aliphatic rings. The molecule has 1 N–H and O–H groups in total. The Balaban J connectivity index is 1.69. The number of hydrogen-bond donors (Lipinski definition) is 1. The van der Waals surface area contributed by atoms with Crippen LogP contribution in [0.25, 0.3) is 0 Å². The predicted octanol–water partition coefficient (Wildman–Crippen LogP) is 2.27. The minimum absolute atomic E-state index is 0.754. The second kappa shape index (κ2) is 6.76. The molecule has 18 heavy (non-hydrogen) atoms. The van der Waals surface area contributed by atoms with Gasteiger partial charge in [0.2, 0.25) is 0 Å². The van der Waals surface area contributed by atoms with Crippen molar-refractivity contribution in [3.63, 3.8) is 0 Å². The van der Waals surface area contributed by atoms with Gasteiger partial charge in [0.05, 0.1) is 0 Å². The highest BCUT2D eigenvalue weighted by Gasteiger charge is 2.19. The molecule has 0 spiro atoms. The first-order chi connectivity index (χ1) is 8.78. The van der Waals surface area contributed by atoms with Gasteiger partial charge in [-0.05, 0) is 44.1 Å². The SMILES string of the molecule is CCN(C)CCOc1ccc(CNC2CC2)cc1. The van der Waals surface area contributed by atoms with Gasteiger partial charge in [0.1, 0.15) is 12.4 Å². The van der Waals surface area contributed by atoms with Crippen LogP contribution in [0.2, 0.25) is 0 Å². The van der Waals surface area contributed by atoms with Gasteiger partial charge in [-0.25, -0.2) is 0 Å². The van der Waals surface area contributed by atoms with Crippen molar-refractivity contribution in [1.82, 2.24) is 10.2 Å². The van der Waals surface area contributed by atoms with Crippen LogP contribution in [0.15, 0.2) is 24.3 Å². The summed E-state index contributed by atoms with van der Waals surface area (Å²) in [5.41, 5.74) is 1.33. The largest absolute Gasteiger partial charge is 0.492 e. The summed E-state index contributed by atoms with van der Waals surface area (Å²) in [6.07, 6.45) is 2.68. The van der Waals surface area contributed by atoms with E-state index in [9.17, 15) is 0 Å². The van der Waals surface area contributed by atoms with E-state index < -0.39 is 0 Å². The second-order valence-electron chi connectivity index (χ2n) is 5.04. The minimum atomic E-state index is 0.754. The summed E-state index contributed by atoms with van der Waals surface area (Å²) in [7, 11) is 2.11. The molecule has 1 fully saturated rings. The van der Waals surface area contributed by atoms with Gasteiger partial charge < -0.3 is 15.0 Å². The Labute approximate surface area is 110 Å². The third-order valence-corrected chi connectivity index (χ3v) is 3.38. The van der Waals surface area contributed by atoms with Crippen LogP contribution in [0, 0.1) is 0 Å². The lowest BCUT2D eigenvalue weighted by atomic mass is 10.2. The standard InChI is InChI=1S/C15H24N2O/c1-3-17(2)10-11-18-15-8-4-13(5-9-15)12-16-14-6-7-14/h4-5,8-9,14,16H,3,6-7,10-12H2,1-2H3. The van der Waals surface area contributed by atoms with Crippen molar-refractivity contribution in [2.24, 2.45) is 0 Å². The molecule has 1 aromatic carbocycles. The van der Waals surface area contributed by atoms with E-state index >= 15 is 0 Å². The molecule has 1 aliphatic carbocycles. The molecule has 1 aromatic rings. The maximum Gasteiger partial charge on any atom is 0.119 e. The molecular weight excluding hydrogens is 224 g/mol. The lowest BCUT2D eigenvalue weighted by Gasteiger charge is -2.14. The van der Waals surface area contributed by atoms with E-state index in [0.717, 1.165) is 38.0 Å². The Morgan fingerprint density at radius 1 is 1.28 bits per heavy atom. The third-order valence-electron chi connectivity index (χ3n) is 3.38. The van der Waals surface area contributed by atoms with Crippen LogP contribution < -0.4 is 10.1 Å². The summed E-state index contributed by atoms with van der Waals surface area (Å²) in [5, 5.41) is 3.51. The molecule has 0 bridgehead atoms. The molecule has 3 nitrogen and oxygen atoms in total. The lowest BCUT2D eigenvalue weighted by molar-refractivity contribution is 0.244. The number of ether oxygens (including phenoxy) is 1. The van der Waals surface area contributed by atoms with E-state index in [1.165, 1.54) is 18.4 Å². The first-order valence-electron chi connectivity index (χ1n) is 6.91. The first kappa shape index (κ1) is 13.4. The highest BCUT2D eigenvalue weighted by Crippen LogP contribution is 2.19. The Hall–Kier alpha value is -1.06. The monoisotopic (exact) mass is 248 g/mol. The molecule has 0 heterocycles. The van der Waals surface area contributed by atoms with Crippen LogP contribution in [-0.4, -0.2) is 37.7 Å². The molecule has 0 unspecified atom stereocenters. The summed E-state index contributed by atoms with van der Waals surface area (Å²) in [6.45, 7) is 5.92. The minimum Gasteiger partial charge on any atom is -0.492 e. The summed E-state index contributed by atoms with van der Waals surface area (Å²) in [4.78, 5) is 2.24. The van der Waals surface area contributed by atoms with Crippen molar-refractivity contribution in [2.45, 2.75) is 32.4 Å². The summed E-state index contributed by atoms with van der Waals surface area (Å²) in [5.74, 6) is 0.967. The summed E-state index contributed by atoms with van der Waals surface area (Å²) in [6, 6.07) is 9.19. The zero-order valence-electron chi connectivity index (χ0n) is 11.5. The highest BCUT2D eigenvalue weighted by molar-refractivity contribution is 5.27. The molecule has 0 aliphatic heterocycles. The summed E-state index contributed by atoms with van der Waals surface area (Å²) < 4.78 is 5.71. The molecule has 0 saturated heterocycles. The predicted molar refractivity (Wildman–Crippen MR) is 75.0 cm³/mol. The molecule has 0 aromatic heterocycles. The Bertz CT molecular complexity index is 346. The van der Waals surface area contributed by atoms with Gasteiger partial charge in [0.15, 0.2) is 0 Å². The van der Waals surface area contributed by atoms with Gasteiger partial charge in [0, 0.05) is 19.1 Å². The smallest absolute Gasteiger partial charge is 0.119 e. The van der Waals surface area contributed by atoms with Crippen molar-refractivity contribution < 1.29 is 4.74 Å². The number of rotatable bonds is 8. The molecule has 1 saturated carbocycles. The third kappa shape index (κ3) is 4.67. The van der Waals surface area contributed by atoms with Gasteiger partial charge in [-0.1, -0.05) is 19.1 Å². The van der Waals surface area contributed by atoms with Crippen LogP contribution in [0.1, 0.15) is 25.3 Å². The van der Waals surface area contributed by atoms with Gasteiger partial charge >= 0.3 is 0 Å². The van der Waals surface area contributed by atoms with Crippen molar-refractivity contribution in [2.75, 3.05) is 26.7 Å². The fourth-order valence-electron chi connectivity index (χ4n) is 1.73. The topological polar surface area (TPSA) is 24.5 Å². The van der Waals surface area contributed by atoms with E-state index in [1.54, 1.807) is 0 Å². The Morgan fingerprint density at radius 2 is 2.00 bits per heavy atom. The molecule has 0 atom stereocenters. The maximum absolute atomic E-state index is 5.71. The van der Waals surface area contributed by atoms with Crippen LogP contribution in [-0.2, 0) is 6.54 Å². The average Bonchev–Trinajstić information content (AvgIpc) is 3.21. The van der Waals surface area contributed by atoms with Crippen molar-refractivity contribution >= 4 is 0 Å². The van der Waals surface area contributed by atoms with Crippen molar-refractivity contribution in [3.05, 3.63) is 29.8 Å². The van der Waals surface area contributed by atoms with Crippen LogP contribution in [0.5, 0.6) is 5.75 Å². The highest BCUT2D eigenvalue weighted by atomic mass is 16.5. The van der Waals surface area contributed by atoms with Crippen LogP contribution in [0.4, 0.5) is 0 Å². The quantitative estimate of drug-likeness (QED) is 0.764.